The van der Waals surface area contributed by atoms with Crippen LogP contribution in [0.4, 0.5) is 0 Å². The largest absolute Gasteiger partial charge is 2.00 e. The van der Waals surface area contributed by atoms with Gasteiger partial charge in [-0.25, -0.2) is 9.97 Å². The molecule has 0 spiro atoms. The van der Waals surface area contributed by atoms with E-state index in [1.807, 2.05) is 50.8 Å². The Morgan fingerprint density at radius 3 is 2.06 bits per heavy atom. The van der Waals surface area contributed by atoms with Crippen LogP contribution in [0.1, 0.15) is 50.5 Å². The van der Waals surface area contributed by atoms with Crippen molar-refractivity contribution in [3.8, 4) is 11.3 Å². The molecular weight excluding hydrogens is 595 g/mol. The van der Waals surface area contributed by atoms with Crippen molar-refractivity contribution in [1.82, 2.24) is 19.1 Å². The first-order valence-electron chi connectivity index (χ1n) is 10.4. The summed E-state index contributed by atoms with van der Waals surface area (Å²) < 4.78 is 4.17. The second-order valence-electron chi connectivity index (χ2n) is 9.15. The van der Waals surface area contributed by atoms with Crippen LogP contribution in [0.2, 0.25) is 0 Å². The van der Waals surface area contributed by atoms with E-state index in [4.69, 9.17) is 17.6 Å². The third-order valence-corrected chi connectivity index (χ3v) is 6.48. The first kappa shape index (κ1) is 24.4. The van der Waals surface area contributed by atoms with Gasteiger partial charge in [0.25, 0.3) is 0 Å². The van der Waals surface area contributed by atoms with Gasteiger partial charge in [0.1, 0.15) is 11.6 Å². The Kier molecular flexibility index (Phi) is 6.83. The Hall–Kier alpha value is -2.23. The van der Waals surface area contributed by atoms with Crippen LogP contribution in [0.5, 0.6) is 0 Å². The van der Waals surface area contributed by atoms with Gasteiger partial charge in [-0.1, -0.05) is 52.0 Å². The molecule has 32 heavy (non-hydrogen) atoms. The van der Waals surface area contributed by atoms with Crippen LogP contribution in [0.25, 0.3) is 11.3 Å². The van der Waals surface area contributed by atoms with Crippen LogP contribution in [-0.2, 0) is 58.6 Å². The summed E-state index contributed by atoms with van der Waals surface area (Å²) in [7, 11) is 4.07. The van der Waals surface area contributed by atoms with Gasteiger partial charge in [0, 0.05) is 43.5 Å². The van der Waals surface area contributed by atoms with Crippen molar-refractivity contribution in [2.24, 2.45) is 14.1 Å². The van der Waals surface area contributed by atoms with Gasteiger partial charge in [0.15, 0.2) is 0 Å². The first-order valence-corrected chi connectivity index (χ1v) is 10.8. The predicted molar refractivity (Wildman–Crippen MR) is 127 cm³/mol. The average molecular weight is 624 g/mol. The minimum Gasteiger partial charge on any atom is -0.779 e. The second-order valence-corrected chi connectivity index (χ2v) is 9.59. The van der Waals surface area contributed by atoms with Crippen molar-refractivity contribution >= 4 is 12.6 Å². The van der Waals surface area contributed by atoms with E-state index in [2.05, 4.69) is 72.3 Å². The van der Waals surface area contributed by atoms with Crippen molar-refractivity contribution in [2.45, 2.75) is 43.4 Å². The molecule has 0 atom stereocenters. The fraction of sp³-hybridized carbons (Fsp3) is 0.308. The van der Waals surface area contributed by atoms with Crippen LogP contribution >= 0.6 is 0 Å². The average Bonchev–Trinajstić information content (AvgIpc) is 3.34. The summed E-state index contributed by atoms with van der Waals surface area (Å²) in [4.78, 5) is 10.4. The second kappa shape index (κ2) is 8.96. The first-order chi connectivity index (χ1) is 14.6. The number of imidazole rings is 2. The maximum absolute atomic E-state index is 5.52. The molecule has 0 saturated carbocycles. The summed E-state index contributed by atoms with van der Waals surface area (Å²) in [5.41, 5.74) is 3.50. The Morgan fingerprint density at radius 1 is 0.844 bits per heavy atom. The Morgan fingerprint density at radius 2 is 1.47 bits per heavy atom. The monoisotopic (exact) mass is 623 g/mol. The standard InChI is InChI=1S/C26H29N4S.Pt/c1-25(2,23-27-14-15-29(23)5)18-10-9-11-19(16-18)26(3,4)24-28-21(17-30(24)6)20-12-7-8-13-22(20)31;/h7-15,17,31H,1-6H3;/q-1;+2/p-1. The zero-order chi connectivity index (χ0) is 22.4. The van der Waals surface area contributed by atoms with E-state index in [-0.39, 0.29) is 31.9 Å². The number of aromatic nitrogens is 4. The molecule has 2 aromatic carbocycles. The summed E-state index contributed by atoms with van der Waals surface area (Å²) >= 11 is 5.52. The van der Waals surface area contributed by atoms with Gasteiger partial charge in [0.05, 0.1) is 5.69 Å². The summed E-state index contributed by atoms with van der Waals surface area (Å²) in [6, 6.07) is 18.0. The minimum absolute atomic E-state index is 0. The summed E-state index contributed by atoms with van der Waals surface area (Å²) in [5.74, 6) is 1.99. The summed E-state index contributed by atoms with van der Waals surface area (Å²) in [6.45, 7) is 8.78. The van der Waals surface area contributed by atoms with Crippen molar-refractivity contribution in [3.05, 3.63) is 89.9 Å². The Balaban J connectivity index is 0.00000289. The molecule has 4 aromatic rings. The van der Waals surface area contributed by atoms with Gasteiger partial charge in [-0.3, -0.25) is 0 Å². The molecule has 6 heteroatoms. The molecule has 0 saturated heterocycles. The molecule has 4 rings (SSSR count). The van der Waals surface area contributed by atoms with E-state index in [9.17, 15) is 0 Å². The van der Waals surface area contributed by atoms with Crippen molar-refractivity contribution < 1.29 is 21.1 Å². The number of benzene rings is 2. The normalized spacial score (nSPS) is 11.9. The van der Waals surface area contributed by atoms with E-state index < -0.39 is 0 Å². The van der Waals surface area contributed by atoms with E-state index in [1.54, 1.807) is 0 Å². The van der Waals surface area contributed by atoms with Crippen LogP contribution < -0.4 is 0 Å². The number of hydrogen-bond donors (Lipinski definition) is 0. The molecule has 0 aliphatic heterocycles. The molecule has 0 fully saturated rings. The molecule has 0 unspecified atom stereocenters. The summed E-state index contributed by atoms with van der Waals surface area (Å²) in [6.07, 6.45) is 5.89. The topological polar surface area (TPSA) is 35.6 Å². The fourth-order valence-electron chi connectivity index (χ4n) is 4.26. The minimum atomic E-state index is -0.336. The molecule has 0 aliphatic rings. The fourth-order valence-corrected chi connectivity index (χ4v) is 4.51. The van der Waals surface area contributed by atoms with Gasteiger partial charge in [-0.15, -0.1) is 11.1 Å². The smallest absolute Gasteiger partial charge is 0.779 e. The number of hydrogen-bond acceptors (Lipinski definition) is 3. The quantitative estimate of drug-likeness (QED) is 0.227. The van der Waals surface area contributed by atoms with E-state index >= 15 is 0 Å². The molecule has 168 valence electrons. The predicted octanol–water partition coefficient (Wildman–Crippen LogP) is 5.18. The summed E-state index contributed by atoms with van der Waals surface area (Å²) in [5, 5.41) is 0. The number of nitrogens with zero attached hydrogens (tertiary/aromatic N) is 4. The van der Waals surface area contributed by atoms with Crippen molar-refractivity contribution in [3.63, 3.8) is 0 Å². The third-order valence-electron chi connectivity index (χ3n) is 6.12. The molecule has 4 nitrogen and oxygen atoms in total. The van der Waals surface area contributed by atoms with Crippen LogP contribution in [0.3, 0.4) is 0 Å². The van der Waals surface area contributed by atoms with Crippen molar-refractivity contribution in [2.75, 3.05) is 0 Å². The molecule has 0 N–H and O–H groups in total. The molecule has 2 heterocycles. The number of aryl methyl sites for hydroxylation is 2. The molecule has 0 radical (unpaired) electrons. The van der Waals surface area contributed by atoms with Gasteiger partial charge < -0.3 is 21.8 Å². The molecule has 2 aromatic heterocycles. The van der Waals surface area contributed by atoms with Gasteiger partial charge in [-0.05, 0) is 5.56 Å². The zero-order valence-electron chi connectivity index (χ0n) is 19.3. The maximum atomic E-state index is 5.52. The Labute approximate surface area is 210 Å². The molecule has 0 aliphatic carbocycles. The molecular formula is C26H28N4PtS. The van der Waals surface area contributed by atoms with E-state index in [0.717, 1.165) is 38.9 Å². The maximum Gasteiger partial charge on any atom is 2.00 e. The SMILES string of the molecule is Cn1ccnc1C(C)(C)c1[c-]c(C(C)(C)c2nc(-c3ccccc3[S-])cn2C)ccc1.[Pt+2]. The number of rotatable bonds is 5. The van der Waals surface area contributed by atoms with Gasteiger partial charge in [0.2, 0.25) is 0 Å². The molecule has 0 bridgehead atoms. The van der Waals surface area contributed by atoms with Gasteiger partial charge >= 0.3 is 21.1 Å². The van der Waals surface area contributed by atoms with Crippen LogP contribution in [0, 0.1) is 6.07 Å². The van der Waals surface area contributed by atoms with Crippen molar-refractivity contribution in [1.29, 1.82) is 0 Å². The zero-order valence-corrected chi connectivity index (χ0v) is 22.4. The van der Waals surface area contributed by atoms with Crippen LogP contribution in [-0.4, -0.2) is 19.1 Å². The van der Waals surface area contributed by atoms with Gasteiger partial charge in [-0.2, -0.15) is 29.2 Å². The molecule has 0 amide bonds. The van der Waals surface area contributed by atoms with Crippen LogP contribution in [0.15, 0.2) is 66.0 Å². The van der Waals surface area contributed by atoms with E-state index in [1.165, 1.54) is 0 Å². The Bertz CT molecular complexity index is 1240. The third kappa shape index (κ3) is 4.21. The van der Waals surface area contributed by atoms with E-state index in [0.29, 0.717) is 0 Å².